The van der Waals surface area contributed by atoms with Gasteiger partial charge in [0, 0.05) is 12.7 Å². The summed E-state index contributed by atoms with van der Waals surface area (Å²) in [6, 6.07) is 7.33. The summed E-state index contributed by atoms with van der Waals surface area (Å²) < 4.78 is 26.0. The van der Waals surface area contributed by atoms with Gasteiger partial charge in [0.15, 0.2) is 23.1 Å². The third kappa shape index (κ3) is 2.51. The highest BCUT2D eigenvalue weighted by atomic mass is 19.2. The van der Waals surface area contributed by atoms with Crippen LogP contribution in [0.1, 0.15) is 11.1 Å². The maximum absolute atomic E-state index is 13.1. The van der Waals surface area contributed by atoms with Crippen LogP contribution in [0.25, 0.3) is 11.0 Å². The van der Waals surface area contributed by atoms with Crippen molar-refractivity contribution in [2.45, 2.75) is 6.54 Å². The number of hydrogen-bond donors (Lipinski definition) is 2. The molecule has 21 heavy (non-hydrogen) atoms. The largest absolute Gasteiger partial charge is 0.364 e. The third-order valence-corrected chi connectivity index (χ3v) is 2.99. The number of fused-ring (bicyclic) bond motifs is 1. The molecule has 0 amide bonds. The molecule has 0 spiro atoms. The second kappa shape index (κ2) is 5.17. The number of aromatic nitrogens is 3. The molecule has 1 aromatic carbocycles. The molecule has 5 nitrogen and oxygen atoms in total. The van der Waals surface area contributed by atoms with Gasteiger partial charge >= 0.3 is 0 Å². The van der Waals surface area contributed by atoms with Gasteiger partial charge in [0.05, 0.1) is 10.9 Å². The number of nitrogens with zero attached hydrogens (tertiary/aromatic N) is 3. The van der Waals surface area contributed by atoms with Crippen molar-refractivity contribution in [3.63, 3.8) is 0 Å². The molecule has 0 aliphatic heterocycles. The molecule has 0 fully saturated rings. The Kier molecular flexibility index (Phi) is 3.20. The van der Waals surface area contributed by atoms with E-state index in [4.69, 9.17) is 5.26 Å². The highest BCUT2D eigenvalue weighted by Crippen LogP contribution is 2.20. The zero-order valence-electron chi connectivity index (χ0n) is 10.7. The van der Waals surface area contributed by atoms with Crippen LogP contribution in [0.5, 0.6) is 0 Å². The van der Waals surface area contributed by atoms with Gasteiger partial charge in [-0.05, 0) is 23.8 Å². The van der Waals surface area contributed by atoms with Crippen LogP contribution in [0.3, 0.4) is 0 Å². The van der Waals surface area contributed by atoms with Crippen LogP contribution in [0.4, 0.5) is 14.6 Å². The predicted octanol–water partition coefficient (Wildman–Crippen LogP) is 2.72. The average molecular weight is 285 g/mol. The number of aromatic amines is 1. The zero-order valence-corrected chi connectivity index (χ0v) is 10.7. The van der Waals surface area contributed by atoms with Crippen LogP contribution >= 0.6 is 0 Å². The third-order valence-electron chi connectivity index (χ3n) is 2.99. The van der Waals surface area contributed by atoms with E-state index in [1.807, 2.05) is 6.07 Å². The summed E-state index contributed by atoms with van der Waals surface area (Å²) in [5.41, 5.74) is 1.54. The van der Waals surface area contributed by atoms with Crippen molar-refractivity contribution in [3.8, 4) is 6.07 Å². The molecule has 0 radical (unpaired) electrons. The number of nitrogens with one attached hydrogen (secondary N) is 2. The number of H-pyrrole nitrogens is 1. The van der Waals surface area contributed by atoms with Gasteiger partial charge < -0.3 is 5.32 Å². The van der Waals surface area contributed by atoms with E-state index >= 15 is 0 Å². The molecule has 0 bridgehead atoms. The van der Waals surface area contributed by atoms with E-state index in [1.165, 1.54) is 12.3 Å². The second-order valence-electron chi connectivity index (χ2n) is 4.41. The number of anilines is 1. The quantitative estimate of drug-likeness (QED) is 0.775. The maximum atomic E-state index is 13.1. The fourth-order valence-corrected chi connectivity index (χ4v) is 1.93. The first kappa shape index (κ1) is 13.0. The van der Waals surface area contributed by atoms with Crippen LogP contribution < -0.4 is 5.32 Å². The molecule has 7 heteroatoms. The van der Waals surface area contributed by atoms with E-state index in [0.29, 0.717) is 28.0 Å². The van der Waals surface area contributed by atoms with Crippen LogP contribution in [-0.4, -0.2) is 15.2 Å². The molecule has 0 aliphatic rings. The molecule has 2 N–H and O–H groups in total. The summed E-state index contributed by atoms with van der Waals surface area (Å²) in [7, 11) is 0. The number of nitriles is 1. The van der Waals surface area contributed by atoms with Crippen molar-refractivity contribution in [2.75, 3.05) is 5.32 Å². The van der Waals surface area contributed by atoms with Gasteiger partial charge in [0.2, 0.25) is 0 Å². The molecule has 2 aromatic heterocycles. The Morgan fingerprint density at radius 2 is 2.10 bits per heavy atom. The smallest absolute Gasteiger partial charge is 0.159 e. The van der Waals surface area contributed by atoms with E-state index in [9.17, 15) is 8.78 Å². The fourth-order valence-electron chi connectivity index (χ4n) is 1.93. The van der Waals surface area contributed by atoms with Gasteiger partial charge in [-0.1, -0.05) is 6.07 Å². The Morgan fingerprint density at radius 3 is 2.86 bits per heavy atom. The molecule has 3 rings (SSSR count). The minimum atomic E-state index is -0.894. The van der Waals surface area contributed by atoms with Crippen LogP contribution in [-0.2, 0) is 6.54 Å². The lowest BCUT2D eigenvalue weighted by Crippen LogP contribution is -2.01. The molecule has 3 aromatic rings. The van der Waals surface area contributed by atoms with Crippen molar-refractivity contribution in [3.05, 3.63) is 53.2 Å². The van der Waals surface area contributed by atoms with Crippen LogP contribution in [0, 0.1) is 23.0 Å². The molecule has 0 atom stereocenters. The molecular weight excluding hydrogens is 276 g/mol. The Labute approximate surface area is 118 Å². The monoisotopic (exact) mass is 285 g/mol. The van der Waals surface area contributed by atoms with E-state index < -0.39 is 11.6 Å². The van der Waals surface area contributed by atoms with Gasteiger partial charge in [0.25, 0.3) is 0 Å². The molecule has 0 aliphatic carbocycles. The normalized spacial score (nSPS) is 10.5. The lowest BCUT2D eigenvalue weighted by atomic mass is 10.2. The first-order chi connectivity index (χ1) is 10.2. The minimum absolute atomic E-state index is 0.272. The summed E-state index contributed by atoms with van der Waals surface area (Å²) in [6.07, 6.45) is 1.44. The molecule has 0 saturated carbocycles. The van der Waals surface area contributed by atoms with Crippen LogP contribution in [0.2, 0.25) is 0 Å². The minimum Gasteiger partial charge on any atom is -0.364 e. The van der Waals surface area contributed by atoms with E-state index in [1.54, 1.807) is 6.07 Å². The average Bonchev–Trinajstić information content (AvgIpc) is 2.90. The number of hydrogen-bond acceptors (Lipinski definition) is 4. The number of pyridine rings is 1. The van der Waals surface area contributed by atoms with Gasteiger partial charge in [-0.15, -0.1) is 0 Å². The van der Waals surface area contributed by atoms with Crippen molar-refractivity contribution >= 4 is 16.9 Å². The highest BCUT2D eigenvalue weighted by Gasteiger charge is 2.08. The van der Waals surface area contributed by atoms with Gasteiger partial charge in [0.1, 0.15) is 6.07 Å². The SMILES string of the molecule is N#Cc1cnc2[nH]nc(NCc3ccc(F)c(F)c3)c2c1. The molecule has 0 unspecified atom stereocenters. The topological polar surface area (TPSA) is 77.4 Å². The Bertz CT molecular complexity index is 850. The number of halogens is 2. The highest BCUT2D eigenvalue weighted by molar-refractivity contribution is 5.87. The van der Waals surface area contributed by atoms with E-state index in [-0.39, 0.29) is 6.54 Å². The number of benzene rings is 1. The van der Waals surface area contributed by atoms with Gasteiger partial charge in [-0.3, -0.25) is 5.10 Å². The molecular formula is C14H9F2N5. The number of rotatable bonds is 3. The second-order valence-corrected chi connectivity index (χ2v) is 4.41. The molecule has 2 heterocycles. The summed E-state index contributed by atoms with van der Waals surface area (Å²) in [5.74, 6) is -1.28. The van der Waals surface area contributed by atoms with Gasteiger partial charge in [-0.2, -0.15) is 10.4 Å². The maximum Gasteiger partial charge on any atom is 0.159 e. The Hall–Kier alpha value is -3.01. The van der Waals surface area contributed by atoms with Crippen molar-refractivity contribution in [1.82, 2.24) is 15.2 Å². The van der Waals surface area contributed by atoms with E-state index in [0.717, 1.165) is 12.1 Å². The Morgan fingerprint density at radius 1 is 1.24 bits per heavy atom. The standard InChI is InChI=1S/C14H9F2N5/c15-11-2-1-8(4-12(11)16)6-18-13-10-3-9(5-17)7-19-14(10)21-20-13/h1-4,7H,6H2,(H2,18,19,20,21). The summed E-state index contributed by atoms with van der Waals surface area (Å²) >= 11 is 0. The van der Waals surface area contributed by atoms with Crippen molar-refractivity contribution in [1.29, 1.82) is 5.26 Å². The summed E-state index contributed by atoms with van der Waals surface area (Å²) in [5, 5.41) is 19.3. The summed E-state index contributed by atoms with van der Waals surface area (Å²) in [4.78, 5) is 4.06. The van der Waals surface area contributed by atoms with Crippen molar-refractivity contribution < 1.29 is 8.78 Å². The molecule has 0 saturated heterocycles. The summed E-state index contributed by atoms with van der Waals surface area (Å²) in [6.45, 7) is 0.272. The lowest BCUT2D eigenvalue weighted by molar-refractivity contribution is 0.507. The van der Waals surface area contributed by atoms with Crippen molar-refractivity contribution in [2.24, 2.45) is 0 Å². The first-order valence-corrected chi connectivity index (χ1v) is 6.09. The Balaban J connectivity index is 1.85. The fraction of sp³-hybridized carbons (Fsp3) is 0.0714. The van der Waals surface area contributed by atoms with Crippen LogP contribution in [0.15, 0.2) is 30.5 Å². The predicted molar refractivity (Wildman–Crippen MR) is 72.3 cm³/mol. The first-order valence-electron chi connectivity index (χ1n) is 6.09. The molecule has 104 valence electrons. The van der Waals surface area contributed by atoms with Gasteiger partial charge in [-0.25, -0.2) is 13.8 Å². The van der Waals surface area contributed by atoms with E-state index in [2.05, 4.69) is 20.5 Å². The zero-order chi connectivity index (χ0) is 14.8. The lowest BCUT2D eigenvalue weighted by Gasteiger charge is -2.04.